The van der Waals surface area contributed by atoms with Crippen LogP contribution >= 0.6 is 11.8 Å². The number of carbonyl (C=O) groups is 4. The van der Waals surface area contributed by atoms with Crippen LogP contribution in [0.5, 0.6) is 0 Å². The molecule has 0 aromatic carbocycles. The molecular weight excluding hydrogens is 360 g/mol. The van der Waals surface area contributed by atoms with Crippen LogP contribution in [-0.2, 0) is 9.59 Å². The number of carbonyl (C=O) groups excluding carboxylic acids is 4. The van der Waals surface area contributed by atoms with Gasteiger partial charge in [0.25, 0.3) is 17.1 Å². The minimum Gasteiger partial charge on any atom is -0.341 e. The third-order valence-electron chi connectivity index (χ3n) is 4.50. The summed E-state index contributed by atoms with van der Waals surface area (Å²) in [5.74, 6) is -0.271. The molecular formula is C15H14N6O4S. The molecule has 3 fully saturated rings. The predicted molar refractivity (Wildman–Crippen MR) is 92.0 cm³/mol. The van der Waals surface area contributed by atoms with Gasteiger partial charge in [-0.05, 0) is 36.7 Å². The van der Waals surface area contributed by atoms with E-state index in [0.717, 1.165) is 11.8 Å². The summed E-state index contributed by atoms with van der Waals surface area (Å²) in [7, 11) is 0. The number of nitrogens with zero attached hydrogens (tertiary/aromatic N) is 3. The first kappa shape index (κ1) is 16.5. The number of hydrogen-bond acceptors (Lipinski definition) is 8. The van der Waals surface area contributed by atoms with Crippen LogP contribution in [0.2, 0.25) is 0 Å². The third-order valence-corrected chi connectivity index (χ3v) is 5.31. The smallest absolute Gasteiger partial charge is 0.322 e. The number of aromatic nitrogens is 2. The predicted octanol–water partition coefficient (Wildman–Crippen LogP) is -0.0211. The van der Waals surface area contributed by atoms with Gasteiger partial charge in [0.2, 0.25) is 5.95 Å². The van der Waals surface area contributed by atoms with Crippen LogP contribution in [0.15, 0.2) is 17.2 Å². The number of imide groups is 2. The van der Waals surface area contributed by atoms with E-state index in [1.54, 1.807) is 12.3 Å². The molecule has 5 amide bonds. The van der Waals surface area contributed by atoms with Gasteiger partial charge in [0, 0.05) is 19.3 Å². The lowest BCUT2D eigenvalue weighted by atomic mass is 9.88. The van der Waals surface area contributed by atoms with Gasteiger partial charge in [-0.15, -0.1) is 0 Å². The largest absolute Gasteiger partial charge is 0.341 e. The van der Waals surface area contributed by atoms with Crippen molar-refractivity contribution in [1.29, 1.82) is 0 Å². The highest BCUT2D eigenvalue weighted by Gasteiger charge is 2.48. The minimum absolute atomic E-state index is 0.280. The number of rotatable bonds is 2. The van der Waals surface area contributed by atoms with E-state index in [1.165, 1.54) is 6.08 Å². The fourth-order valence-electron chi connectivity index (χ4n) is 3.12. The summed E-state index contributed by atoms with van der Waals surface area (Å²) in [4.78, 5) is 57.1. The fraction of sp³-hybridized carbons (Fsp3) is 0.333. The molecule has 3 N–H and O–H groups in total. The first-order chi connectivity index (χ1) is 12.4. The van der Waals surface area contributed by atoms with Crippen molar-refractivity contribution in [3.05, 3.63) is 22.9 Å². The zero-order valence-electron chi connectivity index (χ0n) is 13.4. The molecule has 10 nitrogen and oxygen atoms in total. The standard InChI is InChI=1S/C15H14N6O4S/c22-10-9(26-14(25)18-10)7-8-1-4-16-12(17-8)21-5-2-15(3-6-21)11(23)19-13(24)20-15/h1,4,7H,2-3,5-6H2,(H,18,22,25)(H2,19,20,23,24)/b9-7-. The average molecular weight is 374 g/mol. The molecule has 3 saturated heterocycles. The van der Waals surface area contributed by atoms with Gasteiger partial charge >= 0.3 is 6.03 Å². The van der Waals surface area contributed by atoms with Gasteiger partial charge < -0.3 is 10.2 Å². The van der Waals surface area contributed by atoms with Gasteiger partial charge in [0.05, 0.1) is 10.6 Å². The number of thioether (sulfide) groups is 1. The van der Waals surface area contributed by atoms with Crippen LogP contribution in [0.4, 0.5) is 15.5 Å². The maximum Gasteiger partial charge on any atom is 0.322 e. The molecule has 4 rings (SSSR count). The summed E-state index contributed by atoms with van der Waals surface area (Å²) in [5.41, 5.74) is -0.346. The van der Waals surface area contributed by atoms with Crippen LogP contribution < -0.4 is 20.9 Å². The first-order valence-corrected chi connectivity index (χ1v) is 8.73. The maximum absolute atomic E-state index is 12.0. The number of anilines is 1. The van der Waals surface area contributed by atoms with Crippen molar-refractivity contribution in [1.82, 2.24) is 25.9 Å². The van der Waals surface area contributed by atoms with Gasteiger partial charge in [-0.1, -0.05) is 0 Å². The third kappa shape index (κ3) is 2.90. The summed E-state index contributed by atoms with van der Waals surface area (Å²) in [5, 5.41) is 6.76. The molecule has 0 bridgehead atoms. The lowest BCUT2D eigenvalue weighted by Crippen LogP contribution is -2.55. The molecule has 134 valence electrons. The van der Waals surface area contributed by atoms with Crippen molar-refractivity contribution in [2.24, 2.45) is 0 Å². The first-order valence-electron chi connectivity index (χ1n) is 7.92. The monoisotopic (exact) mass is 374 g/mol. The summed E-state index contributed by atoms with van der Waals surface area (Å²) in [6.45, 7) is 1.00. The van der Waals surface area contributed by atoms with E-state index in [4.69, 9.17) is 0 Å². The number of piperidine rings is 1. The van der Waals surface area contributed by atoms with E-state index >= 15 is 0 Å². The normalized spacial score (nSPS) is 23.4. The van der Waals surface area contributed by atoms with E-state index in [0.29, 0.717) is 37.6 Å². The molecule has 1 spiro atoms. The topological polar surface area (TPSA) is 133 Å². The van der Waals surface area contributed by atoms with Crippen LogP contribution in [0, 0.1) is 0 Å². The summed E-state index contributed by atoms with van der Waals surface area (Å²) >= 11 is 0.826. The second kappa shape index (κ2) is 6.09. The van der Waals surface area contributed by atoms with Crippen molar-refractivity contribution < 1.29 is 19.2 Å². The molecule has 11 heteroatoms. The number of nitrogens with one attached hydrogen (secondary N) is 3. The van der Waals surface area contributed by atoms with Crippen LogP contribution in [0.1, 0.15) is 18.5 Å². The highest BCUT2D eigenvalue weighted by atomic mass is 32.2. The highest BCUT2D eigenvalue weighted by molar-refractivity contribution is 8.18. The summed E-state index contributed by atoms with van der Waals surface area (Å²) in [6.07, 6.45) is 4.01. The minimum atomic E-state index is -0.855. The molecule has 3 aliphatic rings. The van der Waals surface area contributed by atoms with E-state index in [-0.39, 0.29) is 10.8 Å². The Bertz CT molecular complexity index is 861. The lowest BCUT2D eigenvalue weighted by molar-refractivity contribution is -0.124. The molecule has 1 aromatic heterocycles. The lowest BCUT2D eigenvalue weighted by Gasteiger charge is -2.36. The van der Waals surface area contributed by atoms with E-state index in [2.05, 4.69) is 25.9 Å². The van der Waals surface area contributed by atoms with Gasteiger partial charge in [0.15, 0.2) is 0 Å². The van der Waals surface area contributed by atoms with Crippen LogP contribution in [0.25, 0.3) is 6.08 Å². The molecule has 3 aliphatic heterocycles. The maximum atomic E-state index is 12.0. The highest BCUT2D eigenvalue weighted by Crippen LogP contribution is 2.28. The molecule has 0 saturated carbocycles. The van der Waals surface area contributed by atoms with E-state index < -0.39 is 22.7 Å². The zero-order chi connectivity index (χ0) is 18.3. The van der Waals surface area contributed by atoms with Gasteiger partial charge in [-0.25, -0.2) is 14.8 Å². The quantitative estimate of drug-likeness (QED) is 0.486. The Morgan fingerprint density at radius 3 is 2.54 bits per heavy atom. The second-order valence-corrected chi connectivity index (χ2v) is 7.13. The number of amides is 5. The molecule has 0 unspecified atom stereocenters. The number of hydrogen-bond donors (Lipinski definition) is 3. The van der Waals surface area contributed by atoms with Crippen molar-refractivity contribution in [2.75, 3.05) is 18.0 Å². The number of urea groups is 1. The fourth-order valence-corrected chi connectivity index (χ4v) is 3.79. The molecule has 4 heterocycles. The Morgan fingerprint density at radius 1 is 1.15 bits per heavy atom. The summed E-state index contributed by atoms with van der Waals surface area (Å²) in [6, 6.07) is 1.18. The van der Waals surface area contributed by atoms with Gasteiger partial charge in [0.1, 0.15) is 5.54 Å². The van der Waals surface area contributed by atoms with E-state index in [1.807, 2.05) is 4.90 Å². The van der Waals surface area contributed by atoms with Gasteiger partial charge in [-0.3, -0.25) is 25.0 Å². The van der Waals surface area contributed by atoms with Crippen molar-refractivity contribution in [3.8, 4) is 0 Å². The van der Waals surface area contributed by atoms with E-state index in [9.17, 15) is 19.2 Å². The van der Waals surface area contributed by atoms with Crippen molar-refractivity contribution in [2.45, 2.75) is 18.4 Å². The summed E-state index contributed by atoms with van der Waals surface area (Å²) < 4.78 is 0. The Morgan fingerprint density at radius 2 is 1.92 bits per heavy atom. The van der Waals surface area contributed by atoms with Gasteiger partial charge in [-0.2, -0.15) is 0 Å². The molecule has 1 aromatic rings. The Labute approximate surface area is 151 Å². The Kier molecular flexibility index (Phi) is 3.87. The van der Waals surface area contributed by atoms with Crippen molar-refractivity contribution in [3.63, 3.8) is 0 Å². The molecule has 0 radical (unpaired) electrons. The Balaban J connectivity index is 1.49. The second-order valence-electron chi connectivity index (χ2n) is 6.11. The molecule has 0 atom stereocenters. The SMILES string of the molecule is O=C1NC(=O)C2(CCN(c3nccc(/C=C4\SC(=O)NC4=O)n3)CC2)N1. The van der Waals surface area contributed by atoms with Crippen molar-refractivity contribution >= 4 is 46.9 Å². The molecule has 26 heavy (non-hydrogen) atoms. The zero-order valence-corrected chi connectivity index (χ0v) is 14.3. The Hall–Kier alpha value is -2.95. The molecule has 0 aliphatic carbocycles. The average Bonchev–Trinajstić information content (AvgIpc) is 3.06. The van der Waals surface area contributed by atoms with Crippen LogP contribution in [-0.4, -0.2) is 51.7 Å². The van der Waals surface area contributed by atoms with Crippen LogP contribution in [0.3, 0.4) is 0 Å².